The molecule has 0 aliphatic heterocycles. The second-order valence-electron chi connectivity index (χ2n) is 8.16. The predicted molar refractivity (Wildman–Crippen MR) is 103 cm³/mol. The molecular formula is C21H33NO4. The number of aliphatic hydroxyl groups excluding tert-OH is 1. The van der Waals surface area contributed by atoms with Gasteiger partial charge >= 0.3 is 0 Å². The lowest BCUT2D eigenvalue weighted by atomic mass is 9.81. The number of ether oxygens (including phenoxy) is 1. The third-order valence-electron chi connectivity index (χ3n) is 4.33. The van der Waals surface area contributed by atoms with E-state index < -0.39 is 18.1 Å². The van der Waals surface area contributed by atoms with Crippen LogP contribution in [0.25, 0.3) is 0 Å². The summed E-state index contributed by atoms with van der Waals surface area (Å²) in [5, 5.41) is 10.6. The second kappa shape index (κ2) is 10.6. The molecule has 1 rings (SSSR count). The Kier molecular flexibility index (Phi) is 9.13. The Hall–Kier alpha value is -1.56. The summed E-state index contributed by atoms with van der Waals surface area (Å²) in [6, 6.07) is 8.94. The van der Waals surface area contributed by atoms with Crippen LogP contribution in [0.3, 0.4) is 0 Å². The first kappa shape index (κ1) is 22.5. The van der Waals surface area contributed by atoms with Gasteiger partial charge in [-0.1, -0.05) is 51.1 Å². The van der Waals surface area contributed by atoms with E-state index in [-0.39, 0.29) is 29.8 Å². The summed E-state index contributed by atoms with van der Waals surface area (Å²) in [5.74, 6) is -0.851. The van der Waals surface area contributed by atoms with E-state index >= 15 is 0 Å². The zero-order valence-corrected chi connectivity index (χ0v) is 16.4. The van der Waals surface area contributed by atoms with Crippen LogP contribution in [-0.2, 0) is 20.7 Å². The van der Waals surface area contributed by atoms with E-state index in [9.17, 15) is 14.7 Å². The van der Waals surface area contributed by atoms with Crippen LogP contribution in [0.4, 0.5) is 0 Å². The first-order chi connectivity index (χ1) is 12.1. The molecule has 0 aliphatic rings. The van der Waals surface area contributed by atoms with Gasteiger partial charge in [-0.3, -0.25) is 9.59 Å². The van der Waals surface area contributed by atoms with E-state index in [4.69, 9.17) is 10.5 Å². The Labute approximate surface area is 156 Å². The lowest BCUT2D eigenvalue weighted by molar-refractivity contribution is -0.133. The summed E-state index contributed by atoms with van der Waals surface area (Å²) in [7, 11) is 1.56. The SMILES string of the molecule is COCC[C@H](N)C(=O)CC(Cc1ccccc1)C(O)C(=O)CC(C)(C)C. The van der Waals surface area contributed by atoms with E-state index in [1.165, 1.54) is 0 Å². The zero-order valence-electron chi connectivity index (χ0n) is 16.4. The maximum Gasteiger partial charge on any atom is 0.162 e. The summed E-state index contributed by atoms with van der Waals surface area (Å²) in [6.07, 6.45) is 0.0632. The quantitative estimate of drug-likeness (QED) is 0.630. The first-order valence-corrected chi connectivity index (χ1v) is 9.16. The van der Waals surface area contributed by atoms with Gasteiger partial charge in [0.2, 0.25) is 0 Å². The number of aliphatic hydroxyl groups is 1. The molecule has 3 N–H and O–H groups in total. The minimum atomic E-state index is -1.17. The monoisotopic (exact) mass is 363 g/mol. The van der Waals surface area contributed by atoms with E-state index in [1.54, 1.807) is 7.11 Å². The molecule has 1 aromatic carbocycles. The van der Waals surface area contributed by atoms with E-state index in [0.717, 1.165) is 5.56 Å². The molecular weight excluding hydrogens is 330 g/mol. The van der Waals surface area contributed by atoms with Gasteiger partial charge in [-0.25, -0.2) is 0 Å². The van der Waals surface area contributed by atoms with Crippen LogP contribution in [0.1, 0.15) is 45.6 Å². The summed E-state index contributed by atoms with van der Waals surface area (Å²) < 4.78 is 4.97. The van der Waals surface area contributed by atoms with Gasteiger partial charge in [0.05, 0.1) is 6.04 Å². The van der Waals surface area contributed by atoms with Gasteiger partial charge in [-0.15, -0.1) is 0 Å². The molecule has 26 heavy (non-hydrogen) atoms. The molecule has 1 aromatic rings. The normalized spacial score (nSPS) is 15.3. The smallest absolute Gasteiger partial charge is 0.162 e. The number of ketones is 2. The van der Waals surface area contributed by atoms with Gasteiger partial charge in [0.25, 0.3) is 0 Å². The van der Waals surface area contributed by atoms with Crippen LogP contribution >= 0.6 is 0 Å². The number of carbonyl (C=O) groups excluding carboxylic acids is 2. The van der Waals surface area contributed by atoms with Crippen LogP contribution < -0.4 is 5.73 Å². The highest BCUT2D eigenvalue weighted by Crippen LogP contribution is 2.25. The van der Waals surface area contributed by atoms with Crippen molar-refractivity contribution in [2.45, 2.75) is 58.6 Å². The average Bonchev–Trinajstić information content (AvgIpc) is 2.57. The number of benzene rings is 1. The fourth-order valence-corrected chi connectivity index (χ4v) is 2.92. The zero-order chi connectivity index (χ0) is 19.7. The molecule has 0 spiro atoms. The molecule has 0 aliphatic carbocycles. The van der Waals surface area contributed by atoms with Crippen molar-refractivity contribution >= 4 is 11.6 Å². The minimum Gasteiger partial charge on any atom is -0.385 e. The Morgan fingerprint density at radius 3 is 2.31 bits per heavy atom. The molecule has 0 aromatic heterocycles. The lowest BCUT2D eigenvalue weighted by Crippen LogP contribution is -2.39. The fourth-order valence-electron chi connectivity index (χ4n) is 2.92. The van der Waals surface area contributed by atoms with Crippen molar-refractivity contribution in [3.63, 3.8) is 0 Å². The molecule has 0 bridgehead atoms. The number of carbonyl (C=O) groups is 2. The van der Waals surface area contributed by atoms with Gasteiger partial charge in [-0.05, 0) is 23.8 Å². The molecule has 5 nitrogen and oxygen atoms in total. The number of Topliss-reactive ketones (excluding diaryl/α,β-unsaturated/α-hetero) is 2. The van der Waals surface area contributed by atoms with Crippen molar-refractivity contribution in [1.82, 2.24) is 0 Å². The van der Waals surface area contributed by atoms with Crippen molar-refractivity contribution in [3.05, 3.63) is 35.9 Å². The van der Waals surface area contributed by atoms with E-state index in [1.807, 2.05) is 51.1 Å². The molecule has 0 heterocycles. The van der Waals surface area contributed by atoms with Crippen molar-refractivity contribution in [3.8, 4) is 0 Å². The third-order valence-corrected chi connectivity index (χ3v) is 4.33. The molecule has 0 saturated carbocycles. The number of hydrogen-bond donors (Lipinski definition) is 2. The molecule has 146 valence electrons. The third kappa shape index (κ3) is 8.21. The number of rotatable bonds is 11. The van der Waals surface area contributed by atoms with Gasteiger partial charge in [-0.2, -0.15) is 0 Å². The molecule has 0 fully saturated rings. The standard InChI is InChI=1S/C21H33NO4/c1-21(2,3)14-19(24)20(25)16(12-15-8-6-5-7-9-15)13-18(23)17(22)10-11-26-4/h5-9,16-17,20,25H,10-14,22H2,1-4H3/t16?,17-,20?/m0/s1. The molecule has 0 amide bonds. The Morgan fingerprint density at radius 2 is 1.77 bits per heavy atom. The first-order valence-electron chi connectivity index (χ1n) is 9.16. The van der Waals surface area contributed by atoms with Crippen molar-refractivity contribution in [2.24, 2.45) is 17.1 Å². The van der Waals surface area contributed by atoms with Crippen molar-refractivity contribution < 1.29 is 19.4 Å². The largest absolute Gasteiger partial charge is 0.385 e. The van der Waals surface area contributed by atoms with Crippen LogP contribution in [0.2, 0.25) is 0 Å². The van der Waals surface area contributed by atoms with Gasteiger partial charge in [0.15, 0.2) is 5.78 Å². The highest BCUT2D eigenvalue weighted by Gasteiger charge is 2.31. The molecule has 2 unspecified atom stereocenters. The predicted octanol–water partition coefficient (Wildman–Crippen LogP) is 2.53. The van der Waals surface area contributed by atoms with Crippen molar-refractivity contribution in [1.29, 1.82) is 0 Å². The summed E-state index contributed by atoms with van der Waals surface area (Å²) >= 11 is 0. The Balaban J connectivity index is 2.87. The van der Waals surface area contributed by atoms with E-state index in [2.05, 4.69) is 0 Å². The maximum absolute atomic E-state index is 12.5. The Bertz CT molecular complexity index is 565. The van der Waals surface area contributed by atoms with Gasteiger partial charge < -0.3 is 15.6 Å². The minimum absolute atomic E-state index is 0.0802. The van der Waals surface area contributed by atoms with E-state index in [0.29, 0.717) is 19.4 Å². The number of methoxy groups -OCH3 is 1. The van der Waals surface area contributed by atoms with Gasteiger partial charge in [0, 0.05) is 32.5 Å². The molecule has 0 saturated heterocycles. The maximum atomic E-state index is 12.5. The molecule has 3 atom stereocenters. The lowest BCUT2D eigenvalue weighted by Gasteiger charge is -2.26. The average molecular weight is 363 g/mol. The fraction of sp³-hybridized carbons (Fsp3) is 0.619. The second-order valence-corrected chi connectivity index (χ2v) is 8.16. The topological polar surface area (TPSA) is 89.6 Å². The molecule has 0 radical (unpaired) electrons. The Morgan fingerprint density at radius 1 is 1.15 bits per heavy atom. The summed E-state index contributed by atoms with van der Waals surface area (Å²) in [6.45, 7) is 6.27. The van der Waals surface area contributed by atoms with Gasteiger partial charge in [0.1, 0.15) is 11.9 Å². The molecule has 5 heteroatoms. The summed E-state index contributed by atoms with van der Waals surface area (Å²) in [4.78, 5) is 25.0. The van der Waals surface area contributed by atoms with Crippen LogP contribution in [0.15, 0.2) is 30.3 Å². The summed E-state index contributed by atoms with van der Waals surface area (Å²) in [5.41, 5.74) is 6.70. The number of nitrogens with two attached hydrogens (primary N) is 1. The number of hydrogen-bond acceptors (Lipinski definition) is 5. The van der Waals surface area contributed by atoms with Crippen LogP contribution in [0.5, 0.6) is 0 Å². The highest BCUT2D eigenvalue weighted by molar-refractivity contribution is 5.87. The van der Waals surface area contributed by atoms with Crippen LogP contribution in [0, 0.1) is 11.3 Å². The van der Waals surface area contributed by atoms with Crippen molar-refractivity contribution in [2.75, 3.05) is 13.7 Å². The van der Waals surface area contributed by atoms with Crippen LogP contribution in [-0.4, -0.2) is 42.5 Å². The highest BCUT2D eigenvalue weighted by atomic mass is 16.5.